The Kier molecular flexibility index (Phi) is 8.81. The van der Waals surface area contributed by atoms with E-state index in [2.05, 4.69) is 30.6 Å². The number of nitrogen functional groups attached to an aromatic ring is 1. The molecule has 0 aliphatic rings. The average molecular weight is 504 g/mol. The van der Waals surface area contributed by atoms with Crippen LogP contribution in [-0.4, -0.2) is 24.9 Å². The largest absolute Gasteiger partial charge is 0.368 e. The summed E-state index contributed by atoms with van der Waals surface area (Å²) < 4.78 is 0. The number of hydrogen-bond acceptors (Lipinski definition) is 7. The van der Waals surface area contributed by atoms with Gasteiger partial charge in [-0.1, -0.05) is 0 Å². The van der Waals surface area contributed by atoms with Gasteiger partial charge in [-0.3, -0.25) is 4.98 Å². The summed E-state index contributed by atoms with van der Waals surface area (Å²) in [7, 11) is 0. The molecule has 0 aliphatic carbocycles. The number of hydrogen-bond donors (Lipinski definition) is 4. The molecule has 0 unspecified atom stereocenters. The van der Waals surface area contributed by atoms with E-state index in [9.17, 15) is 0 Å². The average Bonchev–Trinajstić information content (AvgIpc) is 3.18. The van der Waals surface area contributed by atoms with Crippen molar-refractivity contribution in [3.63, 3.8) is 0 Å². The molecule has 0 atom stereocenters. The summed E-state index contributed by atoms with van der Waals surface area (Å²) in [6.07, 6.45) is 5.13. The molecule has 0 aliphatic heterocycles. The number of H-pyrrole nitrogens is 1. The minimum Gasteiger partial charge on any atom is -0.368 e. The van der Waals surface area contributed by atoms with Crippen LogP contribution in [-0.2, 0) is 0 Å². The molecular weight excluding hydrogens is 483 g/mol. The minimum atomic E-state index is 0. The summed E-state index contributed by atoms with van der Waals surface area (Å²) >= 11 is 0. The van der Waals surface area contributed by atoms with Crippen molar-refractivity contribution in [2.45, 2.75) is 0 Å². The second-order valence-electron chi connectivity index (χ2n) is 6.68. The highest BCUT2D eigenvalue weighted by Crippen LogP contribution is 2.26. The molecule has 11 heteroatoms. The Labute approximate surface area is 208 Å². The number of rotatable bonds is 5. The molecule has 8 nitrogen and oxygen atoms in total. The summed E-state index contributed by atoms with van der Waals surface area (Å²) in [4.78, 5) is 20.2. The quantitative estimate of drug-likeness (QED) is 0.241. The number of aromatic amines is 1. The molecule has 0 amide bonds. The zero-order chi connectivity index (χ0) is 20.3. The molecule has 170 valence electrons. The fourth-order valence-electron chi connectivity index (χ4n) is 3.12. The Morgan fingerprint density at radius 2 is 1.39 bits per heavy atom. The lowest BCUT2D eigenvalue weighted by Crippen LogP contribution is -1.98. The normalized spacial score (nSPS) is 9.82. The number of fused-ring (bicyclic) bond motifs is 1. The van der Waals surface area contributed by atoms with E-state index in [1.54, 1.807) is 24.7 Å². The van der Waals surface area contributed by atoms with Gasteiger partial charge < -0.3 is 21.4 Å². The highest BCUT2D eigenvalue weighted by Gasteiger charge is 2.07. The van der Waals surface area contributed by atoms with Gasteiger partial charge in [0.15, 0.2) is 0 Å². The highest BCUT2D eigenvalue weighted by atomic mass is 35.5. The molecular formula is C22H21Cl3N8. The number of imidazole rings is 1. The lowest BCUT2D eigenvalue weighted by atomic mass is 10.2. The predicted octanol–water partition coefficient (Wildman–Crippen LogP) is 5.75. The molecule has 3 aromatic heterocycles. The van der Waals surface area contributed by atoms with Crippen LogP contribution in [0.1, 0.15) is 0 Å². The van der Waals surface area contributed by atoms with Gasteiger partial charge in [-0.15, -0.1) is 37.2 Å². The highest BCUT2D eigenvalue weighted by molar-refractivity contribution is 5.86. The van der Waals surface area contributed by atoms with Gasteiger partial charge in [0.2, 0.25) is 5.95 Å². The number of nitrogens with zero attached hydrogens (tertiary/aromatic N) is 4. The first kappa shape index (κ1) is 25.7. The van der Waals surface area contributed by atoms with Gasteiger partial charge in [-0.05, 0) is 60.7 Å². The molecule has 0 radical (unpaired) electrons. The van der Waals surface area contributed by atoms with E-state index in [1.807, 2.05) is 54.6 Å². The van der Waals surface area contributed by atoms with Gasteiger partial charge in [0, 0.05) is 41.2 Å². The van der Waals surface area contributed by atoms with Gasteiger partial charge in [0.1, 0.15) is 11.6 Å². The smallest absolute Gasteiger partial charge is 0.221 e. The number of benzene rings is 2. The molecule has 0 bridgehead atoms. The molecule has 3 heterocycles. The van der Waals surface area contributed by atoms with Crippen LogP contribution in [0.5, 0.6) is 0 Å². The van der Waals surface area contributed by atoms with Crippen molar-refractivity contribution in [1.82, 2.24) is 24.9 Å². The molecule has 5 rings (SSSR count). The zero-order valence-corrected chi connectivity index (χ0v) is 19.5. The third-order valence-electron chi connectivity index (χ3n) is 4.56. The Balaban J connectivity index is 0.00000128. The maximum Gasteiger partial charge on any atom is 0.221 e. The van der Waals surface area contributed by atoms with E-state index in [0.29, 0.717) is 5.82 Å². The van der Waals surface area contributed by atoms with Gasteiger partial charge >= 0.3 is 0 Å². The second-order valence-corrected chi connectivity index (χ2v) is 6.68. The first-order chi connectivity index (χ1) is 14.7. The summed E-state index contributed by atoms with van der Waals surface area (Å²) in [5.74, 6) is 1.67. The number of nitrogens with one attached hydrogen (secondary N) is 3. The number of aromatic nitrogens is 5. The predicted molar refractivity (Wildman–Crippen MR) is 141 cm³/mol. The molecule has 0 spiro atoms. The maximum absolute atomic E-state index is 5.64. The topological polar surface area (TPSA) is 117 Å². The van der Waals surface area contributed by atoms with Crippen molar-refractivity contribution in [2.24, 2.45) is 0 Å². The van der Waals surface area contributed by atoms with Gasteiger partial charge in [0.05, 0.1) is 11.0 Å². The molecule has 0 saturated carbocycles. The van der Waals surface area contributed by atoms with Gasteiger partial charge in [0.25, 0.3) is 0 Å². The SMILES string of the molecule is Cl.Cl.Cl.Nc1nccc(Nc2ccc3[nH]c(-c4ccc(Nc5ccncc5)cc4)nc3c2)n1. The van der Waals surface area contributed by atoms with Crippen LogP contribution in [0.4, 0.5) is 28.8 Å². The van der Waals surface area contributed by atoms with Crippen molar-refractivity contribution in [3.05, 3.63) is 79.3 Å². The van der Waals surface area contributed by atoms with Gasteiger partial charge in [-0.2, -0.15) is 4.98 Å². The zero-order valence-electron chi connectivity index (χ0n) is 17.1. The first-order valence-electron chi connectivity index (χ1n) is 9.36. The summed E-state index contributed by atoms with van der Waals surface area (Å²) in [6.45, 7) is 0. The van der Waals surface area contributed by atoms with E-state index < -0.39 is 0 Å². The fraction of sp³-hybridized carbons (Fsp3) is 0. The van der Waals surface area contributed by atoms with E-state index in [4.69, 9.17) is 10.7 Å². The van der Waals surface area contributed by atoms with Crippen molar-refractivity contribution in [1.29, 1.82) is 0 Å². The summed E-state index contributed by atoms with van der Waals surface area (Å²) in [5.41, 5.74) is 11.3. The maximum atomic E-state index is 5.64. The minimum absolute atomic E-state index is 0. The number of anilines is 5. The van der Waals surface area contributed by atoms with Crippen LogP contribution in [0.3, 0.4) is 0 Å². The van der Waals surface area contributed by atoms with Crippen molar-refractivity contribution in [3.8, 4) is 11.4 Å². The molecule has 2 aromatic carbocycles. The van der Waals surface area contributed by atoms with Gasteiger partial charge in [-0.25, -0.2) is 9.97 Å². The van der Waals surface area contributed by atoms with E-state index in [1.165, 1.54) is 0 Å². The van der Waals surface area contributed by atoms with E-state index in [-0.39, 0.29) is 43.2 Å². The van der Waals surface area contributed by atoms with Crippen molar-refractivity contribution >= 4 is 77.1 Å². The fourth-order valence-corrected chi connectivity index (χ4v) is 3.12. The molecule has 5 N–H and O–H groups in total. The molecule has 33 heavy (non-hydrogen) atoms. The molecule has 5 aromatic rings. The Morgan fingerprint density at radius 3 is 2.12 bits per heavy atom. The second kappa shape index (κ2) is 11.3. The van der Waals surface area contributed by atoms with Crippen LogP contribution >= 0.6 is 37.2 Å². The molecule has 0 fully saturated rings. The summed E-state index contributed by atoms with van der Waals surface area (Å²) in [5, 5.41) is 6.56. The Bertz CT molecular complexity index is 1310. The van der Waals surface area contributed by atoms with Crippen LogP contribution in [0.25, 0.3) is 22.4 Å². The van der Waals surface area contributed by atoms with E-state index >= 15 is 0 Å². The Hall–Kier alpha value is -3.59. The standard InChI is InChI=1S/C22H18N8.3ClH/c23-22-25-12-9-20(30-22)27-17-5-6-18-19(13-17)29-21(28-18)14-1-3-15(4-2-14)26-16-7-10-24-11-8-16;;;/h1-13H,(H,24,26)(H,28,29)(H3,23,25,27,30);3*1H. The van der Waals surface area contributed by atoms with Crippen LogP contribution < -0.4 is 16.4 Å². The lowest BCUT2D eigenvalue weighted by Gasteiger charge is -2.06. The van der Waals surface area contributed by atoms with Crippen LogP contribution in [0.15, 0.2) is 79.3 Å². The van der Waals surface area contributed by atoms with E-state index in [0.717, 1.165) is 39.5 Å². The third-order valence-corrected chi connectivity index (χ3v) is 4.56. The summed E-state index contributed by atoms with van der Waals surface area (Å²) in [6, 6.07) is 19.6. The number of pyridine rings is 1. The van der Waals surface area contributed by atoms with Crippen molar-refractivity contribution in [2.75, 3.05) is 16.4 Å². The molecule has 0 saturated heterocycles. The number of nitrogens with two attached hydrogens (primary N) is 1. The van der Waals surface area contributed by atoms with Crippen LogP contribution in [0, 0.1) is 0 Å². The van der Waals surface area contributed by atoms with Crippen LogP contribution in [0.2, 0.25) is 0 Å². The third kappa shape index (κ3) is 6.01. The Morgan fingerprint density at radius 1 is 0.697 bits per heavy atom. The monoisotopic (exact) mass is 502 g/mol. The van der Waals surface area contributed by atoms with Crippen molar-refractivity contribution < 1.29 is 0 Å². The first-order valence-corrected chi connectivity index (χ1v) is 9.36. The number of halogens is 3. The lowest BCUT2D eigenvalue weighted by molar-refractivity contribution is 1.18.